The van der Waals surface area contributed by atoms with Crippen molar-refractivity contribution in [3.8, 4) is 0 Å². The third kappa shape index (κ3) is 4.95. The molecule has 0 bridgehead atoms. The van der Waals surface area contributed by atoms with Crippen molar-refractivity contribution in [3.05, 3.63) is 0 Å². The van der Waals surface area contributed by atoms with Crippen LogP contribution in [0.25, 0.3) is 0 Å². The molecule has 0 aliphatic heterocycles. The van der Waals surface area contributed by atoms with Crippen molar-refractivity contribution >= 4 is 5.97 Å². The van der Waals surface area contributed by atoms with E-state index in [-0.39, 0.29) is 24.8 Å². The predicted octanol–water partition coefficient (Wildman–Crippen LogP) is 3.31. The molecule has 0 heterocycles. The molecule has 0 saturated heterocycles. The average molecular weight is 312 g/mol. The van der Waals surface area contributed by atoms with Gasteiger partial charge in [-0.3, -0.25) is 0 Å². The molecule has 4 heteroatoms. The van der Waals surface area contributed by atoms with Gasteiger partial charge < -0.3 is 14.6 Å². The van der Waals surface area contributed by atoms with Crippen molar-refractivity contribution in [2.45, 2.75) is 84.0 Å². The van der Waals surface area contributed by atoms with Crippen LogP contribution in [0.1, 0.15) is 65.7 Å². The van der Waals surface area contributed by atoms with Gasteiger partial charge in [-0.25, -0.2) is 4.79 Å². The van der Waals surface area contributed by atoms with Crippen LogP contribution >= 0.6 is 0 Å². The van der Waals surface area contributed by atoms with Crippen LogP contribution in [-0.2, 0) is 14.3 Å². The summed E-state index contributed by atoms with van der Waals surface area (Å²) in [6, 6.07) is 0. The second-order valence-corrected chi connectivity index (χ2v) is 7.56. The molecule has 0 amide bonds. The first-order valence-corrected chi connectivity index (χ1v) is 8.96. The molecule has 2 fully saturated rings. The lowest BCUT2D eigenvalue weighted by Gasteiger charge is -2.37. The fourth-order valence-corrected chi connectivity index (χ4v) is 3.90. The first kappa shape index (κ1) is 17.7. The molecule has 2 aliphatic carbocycles. The van der Waals surface area contributed by atoms with Gasteiger partial charge in [0.05, 0.1) is 12.2 Å². The molecule has 2 rings (SSSR count). The Morgan fingerprint density at radius 2 is 1.86 bits per heavy atom. The molecule has 1 N–H and O–H groups in total. The van der Waals surface area contributed by atoms with Crippen LogP contribution in [0.2, 0.25) is 0 Å². The third-order valence-electron chi connectivity index (χ3n) is 5.33. The minimum absolute atomic E-state index is 0.0177. The smallest absolute Gasteiger partial charge is 0.332 e. The molecule has 0 aromatic carbocycles. The number of carbonyl (C=O) groups excluding carboxylic acids is 1. The second-order valence-electron chi connectivity index (χ2n) is 7.56. The van der Waals surface area contributed by atoms with E-state index in [1.165, 1.54) is 12.8 Å². The van der Waals surface area contributed by atoms with E-state index in [0.29, 0.717) is 17.8 Å². The fourth-order valence-electron chi connectivity index (χ4n) is 3.90. The molecule has 128 valence electrons. The van der Waals surface area contributed by atoms with Gasteiger partial charge in [-0.1, -0.05) is 33.6 Å². The van der Waals surface area contributed by atoms with Crippen LogP contribution < -0.4 is 0 Å². The Morgan fingerprint density at radius 1 is 1.14 bits per heavy atom. The van der Waals surface area contributed by atoms with Gasteiger partial charge in [-0.15, -0.1) is 0 Å². The SMILES string of the molecule is CC(C)[C@H]1CC[C@@H](C)C[C@H]1OCC(=O)O[C@@H]1CCCC[C@H]1O. The Kier molecular flexibility index (Phi) is 6.69. The lowest BCUT2D eigenvalue weighted by atomic mass is 9.75. The number of hydrogen-bond donors (Lipinski definition) is 1. The zero-order chi connectivity index (χ0) is 16.1. The van der Waals surface area contributed by atoms with Gasteiger partial charge in [0.1, 0.15) is 12.7 Å². The van der Waals surface area contributed by atoms with E-state index in [4.69, 9.17) is 9.47 Å². The quantitative estimate of drug-likeness (QED) is 0.791. The highest BCUT2D eigenvalue weighted by Gasteiger charge is 2.32. The molecule has 2 saturated carbocycles. The molecule has 4 nitrogen and oxygen atoms in total. The maximum Gasteiger partial charge on any atom is 0.332 e. The van der Waals surface area contributed by atoms with E-state index in [9.17, 15) is 9.90 Å². The van der Waals surface area contributed by atoms with Gasteiger partial charge in [0.2, 0.25) is 0 Å². The molecule has 0 unspecified atom stereocenters. The number of esters is 1. The van der Waals surface area contributed by atoms with Crippen molar-refractivity contribution in [2.75, 3.05) is 6.61 Å². The molecule has 0 spiro atoms. The number of rotatable bonds is 5. The summed E-state index contributed by atoms with van der Waals surface area (Å²) in [6.07, 6.45) is 6.31. The predicted molar refractivity (Wildman–Crippen MR) is 85.4 cm³/mol. The van der Waals surface area contributed by atoms with Crippen LogP contribution in [0.15, 0.2) is 0 Å². The summed E-state index contributed by atoms with van der Waals surface area (Å²) < 4.78 is 11.3. The largest absolute Gasteiger partial charge is 0.458 e. The number of carbonyl (C=O) groups is 1. The molecule has 22 heavy (non-hydrogen) atoms. The van der Waals surface area contributed by atoms with Gasteiger partial charge in [0.15, 0.2) is 0 Å². The maximum atomic E-state index is 12.0. The Bertz CT molecular complexity index is 355. The monoisotopic (exact) mass is 312 g/mol. The minimum atomic E-state index is -0.504. The van der Waals surface area contributed by atoms with Gasteiger partial charge in [-0.2, -0.15) is 0 Å². The average Bonchev–Trinajstić information content (AvgIpc) is 2.47. The first-order valence-electron chi connectivity index (χ1n) is 8.96. The van der Waals surface area contributed by atoms with Crippen LogP contribution in [0.5, 0.6) is 0 Å². The van der Waals surface area contributed by atoms with Gasteiger partial charge >= 0.3 is 5.97 Å². The van der Waals surface area contributed by atoms with Crippen LogP contribution in [0, 0.1) is 17.8 Å². The van der Waals surface area contributed by atoms with E-state index >= 15 is 0 Å². The van der Waals surface area contributed by atoms with Gasteiger partial charge in [0, 0.05) is 0 Å². The molecule has 5 atom stereocenters. The normalized spacial score (nSPS) is 36.3. The summed E-state index contributed by atoms with van der Waals surface area (Å²) in [5.74, 6) is 1.45. The van der Waals surface area contributed by atoms with E-state index in [1.54, 1.807) is 0 Å². The summed E-state index contributed by atoms with van der Waals surface area (Å²) in [5.41, 5.74) is 0. The second kappa shape index (κ2) is 8.30. The van der Waals surface area contributed by atoms with Crippen molar-refractivity contribution in [3.63, 3.8) is 0 Å². The third-order valence-corrected chi connectivity index (χ3v) is 5.33. The lowest BCUT2D eigenvalue weighted by molar-refractivity contribution is -0.167. The highest BCUT2D eigenvalue weighted by Crippen LogP contribution is 2.35. The number of aliphatic hydroxyl groups is 1. The van der Waals surface area contributed by atoms with E-state index < -0.39 is 6.10 Å². The topological polar surface area (TPSA) is 55.8 Å². The molecular weight excluding hydrogens is 280 g/mol. The van der Waals surface area contributed by atoms with E-state index in [1.807, 2.05) is 0 Å². The van der Waals surface area contributed by atoms with Crippen LogP contribution in [-0.4, -0.2) is 36.0 Å². The van der Waals surface area contributed by atoms with E-state index in [2.05, 4.69) is 20.8 Å². The van der Waals surface area contributed by atoms with Crippen molar-refractivity contribution < 1.29 is 19.4 Å². The Labute approximate surface area is 134 Å². The molecule has 0 aromatic rings. The summed E-state index contributed by atoms with van der Waals surface area (Å²) in [7, 11) is 0. The highest BCUT2D eigenvalue weighted by atomic mass is 16.6. The Morgan fingerprint density at radius 3 is 2.55 bits per heavy atom. The number of ether oxygens (including phenoxy) is 2. The zero-order valence-corrected chi connectivity index (χ0v) is 14.3. The van der Waals surface area contributed by atoms with Crippen LogP contribution in [0.4, 0.5) is 0 Å². The number of aliphatic hydroxyl groups excluding tert-OH is 1. The van der Waals surface area contributed by atoms with Gasteiger partial charge in [0.25, 0.3) is 0 Å². The summed E-state index contributed by atoms with van der Waals surface area (Å²) in [4.78, 5) is 12.0. The standard InChI is InChI=1S/C18H32O4/c1-12(2)14-9-8-13(3)10-17(14)21-11-18(20)22-16-7-5-4-6-15(16)19/h12-17,19H,4-11H2,1-3H3/t13-,14-,15-,16-,17-/m1/s1. The van der Waals surface area contributed by atoms with E-state index in [0.717, 1.165) is 32.1 Å². The summed E-state index contributed by atoms with van der Waals surface area (Å²) >= 11 is 0. The maximum absolute atomic E-state index is 12.0. The molecule has 0 radical (unpaired) electrons. The molecule has 0 aromatic heterocycles. The summed E-state index contributed by atoms with van der Waals surface area (Å²) in [6.45, 7) is 6.73. The minimum Gasteiger partial charge on any atom is -0.458 e. The number of hydrogen-bond acceptors (Lipinski definition) is 4. The van der Waals surface area contributed by atoms with Crippen molar-refractivity contribution in [1.82, 2.24) is 0 Å². The molecular formula is C18H32O4. The highest BCUT2D eigenvalue weighted by molar-refractivity contribution is 5.71. The fraction of sp³-hybridized carbons (Fsp3) is 0.944. The first-order chi connectivity index (χ1) is 10.5. The van der Waals surface area contributed by atoms with Crippen molar-refractivity contribution in [1.29, 1.82) is 0 Å². The Hall–Kier alpha value is -0.610. The lowest BCUT2D eigenvalue weighted by Crippen LogP contribution is -2.38. The summed E-state index contributed by atoms with van der Waals surface area (Å²) in [5, 5.41) is 9.87. The van der Waals surface area contributed by atoms with Crippen molar-refractivity contribution in [2.24, 2.45) is 17.8 Å². The van der Waals surface area contributed by atoms with Crippen LogP contribution in [0.3, 0.4) is 0 Å². The van der Waals surface area contributed by atoms with Gasteiger partial charge in [-0.05, 0) is 49.9 Å². The molecule has 2 aliphatic rings. The zero-order valence-electron chi connectivity index (χ0n) is 14.3. The Balaban J connectivity index is 1.78.